The number of nitro groups is 1. The molecule has 1 heterocycles. The van der Waals surface area contributed by atoms with Crippen LogP contribution in [0.1, 0.15) is 12.5 Å². The second-order valence-corrected chi connectivity index (χ2v) is 5.07. The van der Waals surface area contributed by atoms with Crippen molar-refractivity contribution < 1.29 is 9.66 Å². The molecule has 0 saturated heterocycles. The molecule has 0 saturated carbocycles. The van der Waals surface area contributed by atoms with Crippen LogP contribution in [0, 0.1) is 10.1 Å². The average molecular weight is 352 g/mol. The fraction of sp³-hybridized carbons (Fsp3) is 0.214. The Kier molecular flexibility index (Phi) is 5.10. The Morgan fingerprint density at radius 2 is 2.24 bits per heavy atom. The van der Waals surface area contributed by atoms with Gasteiger partial charge in [0.1, 0.15) is 17.8 Å². The highest BCUT2D eigenvalue weighted by atomic mass is 79.9. The molecule has 0 fully saturated rings. The SMILES string of the molecule is CCOc1cccc(CNc2ncc([N+](=O)[O-])cc2Br)c1. The molecule has 0 aliphatic heterocycles. The number of benzene rings is 1. The first-order valence-corrected chi connectivity index (χ1v) is 7.15. The molecule has 0 bridgehead atoms. The molecular weight excluding hydrogens is 338 g/mol. The maximum atomic E-state index is 10.7. The third-order valence-electron chi connectivity index (χ3n) is 2.71. The number of rotatable bonds is 6. The fourth-order valence-corrected chi connectivity index (χ4v) is 2.23. The number of nitrogens with one attached hydrogen (secondary N) is 1. The Morgan fingerprint density at radius 1 is 1.43 bits per heavy atom. The van der Waals surface area contributed by atoms with Crippen molar-refractivity contribution in [3.05, 3.63) is 56.7 Å². The third kappa shape index (κ3) is 4.16. The van der Waals surface area contributed by atoms with Gasteiger partial charge >= 0.3 is 0 Å². The minimum Gasteiger partial charge on any atom is -0.494 e. The summed E-state index contributed by atoms with van der Waals surface area (Å²) in [6.45, 7) is 3.10. The molecule has 0 spiro atoms. The van der Waals surface area contributed by atoms with E-state index in [1.165, 1.54) is 12.3 Å². The number of anilines is 1. The van der Waals surface area contributed by atoms with Gasteiger partial charge in [-0.15, -0.1) is 0 Å². The van der Waals surface area contributed by atoms with E-state index in [-0.39, 0.29) is 5.69 Å². The number of halogens is 1. The Labute approximate surface area is 130 Å². The van der Waals surface area contributed by atoms with E-state index < -0.39 is 4.92 Å². The first-order valence-electron chi connectivity index (χ1n) is 6.35. The van der Waals surface area contributed by atoms with Crippen molar-refractivity contribution in [2.24, 2.45) is 0 Å². The van der Waals surface area contributed by atoms with E-state index in [1.54, 1.807) is 0 Å². The Hall–Kier alpha value is -2.15. The predicted molar refractivity (Wildman–Crippen MR) is 83.5 cm³/mol. The predicted octanol–water partition coefficient (Wildman–Crippen LogP) is 3.76. The van der Waals surface area contributed by atoms with Crippen molar-refractivity contribution in [1.82, 2.24) is 4.98 Å². The van der Waals surface area contributed by atoms with Crippen molar-refractivity contribution in [3.8, 4) is 5.75 Å². The van der Waals surface area contributed by atoms with Crippen molar-refractivity contribution in [2.45, 2.75) is 13.5 Å². The zero-order chi connectivity index (χ0) is 15.2. The highest BCUT2D eigenvalue weighted by molar-refractivity contribution is 9.10. The summed E-state index contributed by atoms with van der Waals surface area (Å²) in [6, 6.07) is 9.14. The lowest BCUT2D eigenvalue weighted by Gasteiger charge is -2.09. The minimum atomic E-state index is -0.479. The fourth-order valence-electron chi connectivity index (χ4n) is 1.76. The van der Waals surface area contributed by atoms with Gasteiger partial charge in [0.15, 0.2) is 0 Å². The van der Waals surface area contributed by atoms with Gasteiger partial charge in [0.05, 0.1) is 16.0 Å². The molecule has 0 aliphatic carbocycles. The number of hydrogen-bond donors (Lipinski definition) is 1. The first-order chi connectivity index (χ1) is 10.1. The number of ether oxygens (including phenoxy) is 1. The van der Waals surface area contributed by atoms with E-state index >= 15 is 0 Å². The molecule has 0 unspecified atom stereocenters. The molecule has 2 aromatic rings. The summed E-state index contributed by atoms with van der Waals surface area (Å²) in [5.74, 6) is 1.37. The lowest BCUT2D eigenvalue weighted by atomic mass is 10.2. The number of aromatic nitrogens is 1. The van der Waals surface area contributed by atoms with Crippen LogP contribution in [0.5, 0.6) is 5.75 Å². The van der Waals surface area contributed by atoms with Gasteiger partial charge in [-0.2, -0.15) is 0 Å². The van der Waals surface area contributed by atoms with E-state index in [4.69, 9.17) is 4.74 Å². The smallest absolute Gasteiger partial charge is 0.288 e. The Balaban J connectivity index is 2.06. The topological polar surface area (TPSA) is 77.3 Å². The quantitative estimate of drug-likeness (QED) is 0.633. The average Bonchev–Trinajstić information content (AvgIpc) is 2.46. The largest absolute Gasteiger partial charge is 0.494 e. The third-order valence-corrected chi connectivity index (χ3v) is 3.31. The van der Waals surface area contributed by atoms with Crippen molar-refractivity contribution >= 4 is 27.4 Å². The molecule has 2 rings (SSSR count). The monoisotopic (exact) mass is 351 g/mol. The van der Waals surface area contributed by atoms with Crippen LogP contribution in [0.15, 0.2) is 41.0 Å². The number of pyridine rings is 1. The molecule has 1 aromatic carbocycles. The second kappa shape index (κ2) is 7.03. The normalized spacial score (nSPS) is 10.2. The molecule has 1 aromatic heterocycles. The zero-order valence-corrected chi connectivity index (χ0v) is 13.0. The van der Waals surface area contributed by atoms with Crippen LogP contribution in [0.3, 0.4) is 0 Å². The highest BCUT2D eigenvalue weighted by Gasteiger charge is 2.10. The van der Waals surface area contributed by atoms with Crippen LogP contribution in [0.25, 0.3) is 0 Å². The minimum absolute atomic E-state index is 0.0502. The number of hydrogen-bond acceptors (Lipinski definition) is 5. The molecule has 6 nitrogen and oxygen atoms in total. The maximum absolute atomic E-state index is 10.7. The van der Waals surface area contributed by atoms with Gasteiger partial charge in [0, 0.05) is 12.6 Å². The van der Waals surface area contributed by atoms with E-state index in [1.807, 2.05) is 31.2 Å². The summed E-state index contributed by atoms with van der Waals surface area (Å²) >= 11 is 3.27. The van der Waals surface area contributed by atoms with Crippen LogP contribution in [-0.4, -0.2) is 16.5 Å². The van der Waals surface area contributed by atoms with E-state index in [0.29, 0.717) is 23.4 Å². The van der Waals surface area contributed by atoms with E-state index in [2.05, 4.69) is 26.2 Å². The summed E-state index contributed by atoms with van der Waals surface area (Å²) in [5.41, 5.74) is 0.985. The molecular formula is C14H14BrN3O3. The van der Waals surface area contributed by atoms with Crippen LogP contribution >= 0.6 is 15.9 Å². The van der Waals surface area contributed by atoms with Gasteiger partial charge in [-0.05, 0) is 40.5 Å². The van der Waals surface area contributed by atoms with Crippen molar-refractivity contribution in [1.29, 1.82) is 0 Å². The standard InChI is InChI=1S/C14H14BrN3O3/c1-2-21-12-5-3-4-10(6-12)8-16-14-13(15)7-11(9-17-14)18(19)20/h3-7,9H,2,8H2,1H3,(H,16,17). The number of nitrogens with zero attached hydrogens (tertiary/aromatic N) is 2. The van der Waals surface area contributed by atoms with E-state index in [0.717, 1.165) is 11.3 Å². The molecule has 0 aliphatic rings. The van der Waals surface area contributed by atoms with Gasteiger partial charge in [0.25, 0.3) is 5.69 Å². The van der Waals surface area contributed by atoms with Crippen LogP contribution in [0.2, 0.25) is 0 Å². The molecule has 0 atom stereocenters. The lowest BCUT2D eigenvalue weighted by molar-refractivity contribution is -0.385. The maximum Gasteiger partial charge on any atom is 0.288 e. The summed E-state index contributed by atoms with van der Waals surface area (Å²) in [7, 11) is 0. The summed E-state index contributed by atoms with van der Waals surface area (Å²) < 4.78 is 5.99. The lowest BCUT2D eigenvalue weighted by Crippen LogP contribution is -2.03. The summed E-state index contributed by atoms with van der Waals surface area (Å²) in [5, 5.41) is 13.8. The Bertz CT molecular complexity index is 649. The van der Waals surface area contributed by atoms with E-state index in [9.17, 15) is 10.1 Å². The molecule has 0 amide bonds. The molecule has 1 N–H and O–H groups in total. The van der Waals surface area contributed by atoms with Crippen LogP contribution < -0.4 is 10.1 Å². The highest BCUT2D eigenvalue weighted by Crippen LogP contribution is 2.25. The molecule has 7 heteroatoms. The summed E-state index contributed by atoms with van der Waals surface area (Å²) in [4.78, 5) is 14.2. The van der Waals surface area contributed by atoms with Gasteiger partial charge in [-0.1, -0.05) is 12.1 Å². The van der Waals surface area contributed by atoms with Crippen molar-refractivity contribution in [3.63, 3.8) is 0 Å². The summed E-state index contributed by atoms with van der Waals surface area (Å²) in [6.07, 6.45) is 1.23. The van der Waals surface area contributed by atoms with Crippen LogP contribution in [0.4, 0.5) is 11.5 Å². The van der Waals surface area contributed by atoms with Gasteiger partial charge < -0.3 is 10.1 Å². The molecule has 0 radical (unpaired) electrons. The molecule has 110 valence electrons. The Morgan fingerprint density at radius 3 is 2.90 bits per heavy atom. The van der Waals surface area contributed by atoms with Crippen molar-refractivity contribution in [2.75, 3.05) is 11.9 Å². The second-order valence-electron chi connectivity index (χ2n) is 4.22. The van der Waals surface area contributed by atoms with Gasteiger partial charge in [-0.25, -0.2) is 4.98 Å². The first kappa shape index (κ1) is 15.2. The molecule has 21 heavy (non-hydrogen) atoms. The zero-order valence-electron chi connectivity index (χ0n) is 11.4. The van der Waals surface area contributed by atoms with Gasteiger partial charge in [0.2, 0.25) is 0 Å². The van der Waals surface area contributed by atoms with Crippen LogP contribution in [-0.2, 0) is 6.54 Å². The van der Waals surface area contributed by atoms with Gasteiger partial charge in [-0.3, -0.25) is 10.1 Å².